The van der Waals surface area contributed by atoms with Gasteiger partial charge < -0.3 is 5.32 Å². The Morgan fingerprint density at radius 1 is 0.920 bits per heavy atom. The first-order chi connectivity index (χ1) is 12.2. The number of benzene rings is 3. The molecule has 0 radical (unpaired) electrons. The Balaban J connectivity index is 1.70. The topological polar surface area (TPSA) is 12.0 Å². The second-order valence-corrected chi connectivity index (χ2v) is 7.74. The van der Waals surface area contributed by atoms with Gasteiger partial charge in [0.1, 0.15) is 0 Å². The highest BCUT2D eigenvalue weighted by Crippen LogP contribution is 2.52. The van der Waals surface area contributed by atoms with Crippen molar-refractivity contribution in [2.24, 2.45) is 5.92 Å². The van der Waals surface area contributed by atoms with Crippen molar-refractivity contribution in [3.8, 4) is 0 Å². The molecular weight excluding hydrogens is 349 g/mol. The molecule has 1 heterocycles. The van der Waals surface area contributed by atoms with Gasteiger partial charge in [-0.3, -0.25) is 0 Å². The molecule has 0 fully saturated rings. The third-order valence-electron chi connectivity index (χ3n) is 5.54. The van der Waals surface area contributed by atoms with Gasteiger partial charge in [-0.2, -0.15) is 0 Å². The van der Waals surface area contributed by atoms with E-state index in [-0.39, 0.29) is 6.04 Å². The van der Waals surface area contributed by atoms with Crippen molar-refractivity contribution in [1.29, 1.82) is 0 Å². The van der Waals surface area contributed by atoms with Crippen LogP contribution >= 0.6 is 23.2 Å². The average molecular weight is 366 g/mol. The van der Waals surface area contributed by atoms with Gasteiger partial charge in [0.25, 0.3) is 0 Å². The van der Waals surface area contributed by atoms with Gasteiger partial charge in [0.2, 0.25) is 0 Å². The molecule has 0 aromatic heterocycles. The van der Waals surface area contributed by atoms with Crippen LogP contribution in [0.3, 0.4) is 0 Å². The summed E-state index contributed by atoms with van der Waals surface area (Å²) in [5, 5.41) is 7.73. The van der Waals surface area contributed by atoms with E-state index < -0.39 is 0 Å². The molecule has 3 atom stereocenters. The van der Waals surface area contributed by atoms with Gasteiger partial charge in [0.05, 0.1) is 16.8 Å². The van der Waals surface area contributed by atoms with E-state index in [2.05, 4.69) is 66.0 Å². The van der Waals surface area contributed by atoms with Crippen LogP contribution in [0.15, 0.2) is 66.7 Å². The van der Waals surface area contributed by atoms with E-state index >= 15 is 0 Å². The summed E-state index contributed by atoms with van der Waals surface area (Å²) < 4.78 is 0. The van der Waals surface area contributed by atoms with Gasteiger partial charge in [-0.15, -0.1) is 0 Å². The first-order valence-electron chi connectivity index (χ1n) is 8.62. The van der Waals surface area contributed by atoms with Crippen LogP contribution in [0.2, 0.25) is 10.0 Å². The third-order valence-corrected chi connectivity index (χ3v) is 6.06. The maximum absolute atomic E-state index is 6.54. The quantitative estimate of drug-likeness (QED) is 0.459. The second-order valence-electron chi connectivity index (χ2n) is 6.90. The molecule has 1 aliphatic carbocycles. The van der Waals surface area contributed by atoms with E-state index in [0.29, 0.717) is 21.9 Å². The van der Waals surface area contributed by atoms with Crippen molar-refractivity contribution in [3.05, 3.63) is 87.9 Å². The lowest BCUT2D eigenvalue weighted by atomic mass is 9.76. The van der Waals surface area contributed by atoms with Crippen LogP contribution in [0, 0.1) is 5.92 Å². The predicted molar refractivity (Wildman–Crippen MR) is 107 cm³/mol. The second kappa shape index (κ2) is 5.79. The number of hydrogen-bond acceptors (Lipinski definition) is 1. The number of fused-ring (bicyclic) bond motifs is 4. The lowest BCUT2D eigenvalue weighted by Gasteiger charge is -2.38. The van der Waals surface area contributed by atoms with Crippen molar-refractivity contribution in [1.82, 2.24) is 0 Å². The molecule has 0 saturated heterocycles. The zero-order chi connectivity index (χ0) is 17.0. The summed E-state index contributed by atoms with van der Waals surface area (Å²) in [4.78, 5) is 0. The van der Waals surface area contributed by atoms with Gasteiger partial charge >= 0.3 is 0 Å². The minimum Gasteiger partial charge on any atom is -0.376 e. The summed E-state index contributed by atoms with van der Waals surface area (Å²) in [6.07, 6.45) is 5.67. The van der Waals surface area contributed by atoms with Gasteiger partial charge in [0, 0.05) is 10.9 Å². The Labute approximate surface area is 157 Å². The van der Waals surface area contributed by atoms with Crippen LogP contribution in [0.25, 0.3) is 10.8 Å². The molecule has 0 unspecified atom stereocenters. The molecule has 3 aromatic rings. The van der Waals surface area contributed by atoms with E-state index in [0.717, 1.165) is 12.1 Å². The molecule has 3 aromatic carbocycles. The standard InChI is InChI=1S/C22H17Cl2N/c23-14-11-19-16-8-4-10-18(16)21(25-22(19)20(24)12-14)17-9-3-6-13-5-1-2-7-15(13)17/h1-9,11-12,16,18,21,25H,10H2/t16-,18-,21-/m1/s1. The molecule has 3 heteroatoms. The summed E-state index contributed by atoms with van der Waals surface area (Å²) >= 11 is 12.8. The van der Waals surface area contributed by atoms with Crippen molar-refractivity contribution in [2.45, 2.75) is 18.4 Å². The highest BCUT2D eigenvalue weighted by atomic mass is 35.5. The Bertz CT molecular complexity index is 1000. The van der Waals surface area contributed by atoms with Crippen molar-refractivity contribution < 1.29 is 0 Å². The number of nitrogens with one attached hydrogen (secondary N) is 1. The minimum atomic E-state index is 0.234. The fraction of sp³-hybridized carbons (Fsp3) is 0.182. The lowest BCUT2D eigenvalue weighted by Crippen LogP contribution is -2.29. The number of rotatable bonds is 1. The fourth-order valence-electron chi connectivity index (χ4n) is 4.45. The normalized spacial score (nSPS) is 24.0. The molecule has 0 saturated carbocycles. The summed E-state index contributed by atoms with van der Waals surface area (Å²) in [5.74, 6) is 0.837. The van der Waals surface area contributed by atoms with Crippen LogP contribution < -0.4 is 5.32 Å². The molecule has 1 N–H and O–H groups in total. The monoisotopic (exact) mass is 365 g/mol. The van der Waals surface area contributed by atoms with E-state index in [9.17, 15) is 0 Å². The zero-order valence-corrected chi connectivity index (χ0v) is 15.1. The van der Waals surface area contributed by atoms with E-state index in [4.69, 9.17) is 23.2 Å². The first-order valence-corrected chi connectivity index (χ1v) is 9.38. The first kappa shape index (κ1) is 15.3. The Hall–Kier alpha value is -1.96. The van der Waals surface area contributed by atoms with E-state index in [1.165, 1.54) is 21.9 Å². The zero-order valence-electron chi connectivity index (χ0n) is 13.5. The summed E-state index contributed by atoms with van der Waals surface area (Å²) in [6, 6.07) is 19.3. The molecule has 25 heavy (non-hydrogen) atoms. The predicted octanol–water partition coefficient (Wildman–Crippen LogP) is 6.97. The van der Waals surface area contributed by atoms with Crippen LogP contribution in [-0.2, 0) is 0 Å². The largest absolute Gasteiger partial charge is 0.376 e. The number of halogens is 2. The average Bonchev–Trinajstić information content (AvgIpc) is 3.11. The molecule has 1 nitrogen and oxygen atoms in total. The van der Waals surface area contributed by atoms with Gasteiger partial charge in [-0.25, -0.2) is 0 Å². The SMILES string of the molecule is Clc1cc(Cl)c2c(c1)[C@@H]1C=CC[C@H]1[C@@H](c1cccc3ccccc13)N2. The smallest absolute Gasteiger partial charge is 0.0655 e. The Morgan fingerprint density at radius 2 is 1.76 bits per heavy atom. The van der Waals surface area contributed by atoms with Gasteiger partial charge in [0.15, 0.2) is 0 Å². The molecule has 2 aliphatic rings. The van der Waals surface area contributed by atoms with E-state index in [1.54, 1.807) is 0 Å². The Morgan fingerprint density at radius 3 is 2.68 bits per heavy atom. The lowest BCUT2D eigenvalue weighted by molar-refractivity contribution is 0.427. The van der Waals surface area contributed by atoms with Crippen molar-refractivity contribution in [3.63, 3.8) is 0 Å². The molecular formula is C22H17Cl2N. The van der Waals surface area contributed by atoms with Crippen LogP contribution in [0.4, 0.5) is 5.69 Å². The van der Waals surface area contributed by atoms with Crippen LogP contribution in [0.1, 0.15) is 29.5 Å². The summed E-state index contributed by atoms with van der Waals surface area (Å²) in [7, 11) is 0. The highest BCUT2D eigenvalue weighted by Gasteiger charge is 2.39. The number of allylic oxidation sites excluding steroid dienone is 2. The number of hydrogen-bond donors (Lipinski definition) is 1. The maximum Gasteiger partial charge on any atom is 0.0655 e. The molecule has 5 rings (SSSR count). The van der Waals surface area contributed by atoms with Crippen LogP contribution in [-0.4, -0.2) is 0 Å². The maximum atomic E-state index is 6.54. The number of anilines is 1. The molecule has 0 bridgehead atoms. The molecule has 124 valence electrons. The molecule has 0 spiro atoms. The van der Waals surface area contributed by atoms with E-state index in [1.807, 2.05) is 6.07 Å². The van der Waals surface area contributed by atoms with Crippen LogP contribution in [0.5, 0.6) is 0 Å². The summed E-state index contributed by atoms with van der Waals surface area (Å²) in [6.45, 7) is 0. The third kappa shape index (κ3) is 2.38. The molecule has 0 amide bonds. The van der Waals surface area contributed by atoms with Crippen molar-refractivity contribution in [2.75, 3.05) is 5.32 Å². The van der Waals surface area contributed by atoms with Gasteiger partial charge in [-0.1, -0.05) is 77.8 Å². The van der Waals surface area contributed by atoms with Crippen molar-refractivity contribution >= 4 is 39.7 Å². The fourth-order valence-corrected chi connectivity index (χ4v) is 5.01. The van der Waals surface area contributed by atoms with Gasteiger partial charge in [-0.05, 0) is 46.4 Å². The minimum absolute atomic E-state index is 0.234. The Kier molecular flexibility index (Phi) is 3.55. The molecule has 1 aliphatic heterocycles. The summed E-state index contributed by atoms with van der Waals surface area (Å²) in [5.41, 5.74) is 3.58. The highest BCUT2D eigenvalue weighted by molar-refractivity contribution is 6.36.